The predicted molar refractivity (Wildman–Crippen MR) is 40.3 cm³/mol. The van der Waals surface area contributed by atoms with Crippen molar-refractivity contribution in [2.75, 3.05) is 5.72 Å². The van der Waals surface area contributed by atoms with E-state index in [0.717, 1.165) is 11.1 Å². The second kappa shape index (κ2) is 2.09. The molecule has 0 spiro atoms. The van der Waals surface area contributed by atoms with Gasteiger partial charge in [-0.1, -0.05) is 18.2 Å². The van der Waals surface area contributed by atoms with Crippen LogP contribution in [0.15, 0.2) is 18.2 Å². The van der Waals surface area contributed by atoms with Gasteiger partial charge in [0.25, 0.3) is 0 Å². The van der Waals surface area contributed by atoms with Crippen LogP contribution in [0.25, 0.3) is 0 Å². The minimum absolute atomic E-state index is 0.657. The van der Waals surface area contributed by atoms with Crippen LogP contribution in [0.3, 0.4) is 0 Å². The standard InChI is InChI=1S/C8H11N/c1-6-4-3-5-7(2)8(6)9/h3-5H,9H2,1-2H3/i/hD2. The third kappa shape index (κ3) is 1.04. The largest absolute Gasteiger partial charge is 0.398 e. The van der Waals surface area contributed by atoms with E-state index in [1.807, 2.05) is 32.0 Å². The highest BCUT2D eigenvalue weighted by molar-refractivity contribution is 5.52. The maximum absolute atomic E-state index is 7.10. The van der Waals surface area contributed by atoms with Crippen LogP contribution in [-0.4, -0.2) is 0 Å². The average molecular weight is 123 g/mol. The summed E-state index contributed by atoms with van der Waals surface area (Å²) >= 11 is 0. The van der Waals surface area contributed by atoms with Crippen LogP contribution < -0.4 is 5.72 Å². The van der Waals surface area contributed by atoms with Crippen LogP contribution in [-0.2, 0) is 0 Å². The van der Waals surface area contributed by atoms with Gasteiger partial charge in [0.05, 0.1) is 0 Å². The summed E-state index contributed by atoms with van der Waals surface area (Å²) in [7, 11) is 0. The van der Waals surface area contributed by atoms with E-state index in [4.69, 9.17) is 2.82 Å². The summed E-state index contributed by atoms with van der Waals surface area (Å²) in [5, 5.41) is 0. The molecule has 48 valence electrons. The normalized spacial score (nSPS) is 12.2. The maximum atomic E-state index is 7.10. The van der Waals surface area contributed by atoms with Gasteiger partial charge in [-0.25, -0.2) is 0 Å². The molecule has 0 amide bonds. The highest BCUT2D eigenvalue weighted by Crippen LogP contribution is 2.13. The molecule has 2 N–H and O–H groups in total. The molecule has 0 heterocycles. The van der Waals surface area contributed by atoms with E-state index >= 15 is 0 Å². The third-order valence-corrected chi connectivity index (χ3v) is 1.44. The van der Waals surface area contributed by atoms with Crippen molar-refractivity contribution >= 4 is 5.69 Å². The van der Waals surface area contributed by atoms with E-state index in [-0.39, 0.29) is 0 Å². The number of hydrogen-bond acceptors (Lipinski definition) is 1. The van der Waals surface area contributed by atoms with Gasteiger partial charge in [-0.2, -0.15) is 0 Å². The molecule has 0 fully saturated rings. The number of aryl methyl sites for hydroxylation is 2. The summed E-state index contributed by atoms with van der Waals surface area (Å²) in [4.78, 5) is 0. The SMILES string of the molecule is [2H]N([2H])c1c(C)cccc1C. The molecule has 0 atom stereocenters. The van der Waals surface area contributed by atoms with Crippen LogP contribution in [0.2, 0.25) is 2.82 Å². The van der Waals surface area contributed by atoms with Gasteiger partial charge in [0.1, 0.15) is 0 Å². The van der Waals surface area contributed by atoms with Crippen molar-refractivity contribution in [2.24, 2.45) is 0 Å². The lowest BCUT2D eigenvalue weighted by atomic mass is 10.1. The molecule has 1 aromatic carbocycles. The highest BCUT2D eigenvalue weighted by atomic mass is 14.6. The first-order valence-electron chi connectivity index (χ1n) is 3.86. The first kappa shape index (κ1) is 3.94. The summed E-state index contributed by atoms with van der Waals surface area (Å²) in [5.41, 5.74) is 3.27. The Morgan fingerprint density at radius 1 is 1.33 bits per heavy atom. The lowest BCUT2D eigenvalue weighted by Gasteiger charge is -2.00. The van der Waals surface area contributed by atoms with Crippen LogP contribution >= 0.6 is 0 Å². The number of para-hydroxylation sites is 1. The minimum Gasteiger partial charge on any atom is -0.398 e. The number of hydrogen-bond donors (Lipinski definition) is 1. The topological polar surface area (TPSA) is 26.0 Å². The van der Waals surface area contributed by atoms with Crippen molar-refractivity contribution in [2.45, 2.75) is 13.8 Å². The molecule has 9 heavy (non-hydrogen) atoms. The average Bonchev–Trinajstić information content (AvgIpc) is 1.85. The Bertz CT molecular complexity index is 238. The summed E-state index contributed by atoms with van der Waals surface area (Å²) in [6.07, 6.45) is 0. The van der Waals surface area contributed by atoms with Gasteiger partial charge in [-0.15, -0.1) is 0 Å². The zero-order chi connectivity index (χ0) is 8.43. The fourth-order valence-corrected chi connectivity index (χ4v) is 0.806. The molecule has 0 saturated heterocycles. The Kier molecular flexibility index (Phi) is 0.916. The molecule has 1 aromatic rings. The van der Waals surface area contributed by atoms with Gasteiger partial charge >= 0.3 is 0 Å². The Hall–Kier alpha value is -0.980. The van der Waals surface area contributed by atoms with Crippen molar-refractivity contribution in [1.82, 2.24) is 0 Å². The van der Waals surface area contributed by atoms with Crippen LogP contribution in [0.1, 0.15) is 11.1 Å². The van der Waals surface area contributed by atoms with E-state index in [2.05, 4.69) is 0 Å². The summed E-state index contributed by atoms with van der Waals surface area (Å²) < 4.78 is 14.2. The first-order valence-corrected chi connectivity index (χ1v) is 2.97. The monoisotopic (exact) mass is 123 g/mol. The Morgan fingerprint density at radius 2 is 1.89 bits per heavy atom. The number of benzene rings is 1. The van der Waals surface area contributed by atoms with Crippen LogP contribution in [0, 0.1) is 13.8 Å². The molecular formula is C8H11N. The molecule has 0 aromatic heterocycles. The van der Waals surface area contributed by atoms with E-state index in [1.165, 1.54) is 0 Å². The summed E-state index contributed by atoms with van der Waals surface area (Å²) in [6.45, 7) is 3.80. The van der Waals surface area contributed by atoms with Crippen molar-refractivity contribution in [1.29, 1.82) is 0 Å². The van der Waals surface area contributed by atoms with Crippen molar-refractivity contribution < 1.29 is 2.82 Å². The maximum Gasteiger partial charge on any atom is 0.156 e. The minimum atomic E-state index is 0.657. The smallest absolute Gasteiger partial charge is 0.156 e. The third-order valence-electron chi connectivity index (χ3n) is 1.44. The quantitative estimate of drug-likeness (QED) is 0.567. The van der Waals surface area contributed by atoms with Crippen molar-refractivity contribution in [3.05, 3.63) is 29.3 Å². The number of rotatable bonds is 1. The Balaban J connectivity index is 3.21. The van der Waals surface area contributed by atoms with E-state index in [1.54, 1.807) is 0 Å². The van der Waals surface area contributed by atoms with Gasteiger partial charge in [0, 0.05) is 5.69 Å². The molecule has 0 aliphatic heterocycles. The summed E-state index contributed by atoms with van der Waals surface area (Å²) in [6, 6.07) is 5.73. The van der Waals surface area contributed by atoms with Crippen LogP contribution in [0.4, 0.5) is 5.69 Å². The fraction of sp³-hybridized carbons (Fsp3) is 0.250. The number of anilines is 1. The molecule has 1 heteroatoms. The zero-order valence-electron chi connectivity index (χ0n) is 7.68. The predicted octanol–water partition coefficient (Wildman–Crippen LogP) is 1.89. The lowest BCUT2D eigenvalue weighted by Crippen LogP contribution is -1.91. The second-order valence-electron chi connectivity index (χ2n) is 2.24. The number of nitrogens with two attached hydrogens (primary N) is 1. The number of nitrogen functional groups attached to an aromatic ring is 1. The summed E-state index contributed by atoms with van der Waals surface area (Å²) in [5.74, 6) is 0. The van der Waals surface area contributed by atoms with Gasteiger partial charge in [0.15, 0.2) is 2.82 Å². The lowest BCUT2D eigenvalue weighted by molar-refractivity contribution is 1.39. The highest BCUT2D eigenvalue weighted by Gasteiger charge is 1.92. The van der Waals surface area contributed by atoms with E-state index in [0.29, 0.717) is 11.4 Å². The van der Waals surface area contributed by atoms with Crippen molar-refractivity contribution in [3.63, 3.8) is 0 Å². The first-order chi connectivity index (χ1) is 5.13. The molecule has 1 nitrogen and oxygen atoms in total. The van der Waals surface area contributed by atoms with Crippen molar-refractivity contribution in [3.8, 4) is 0 Å². The fourth-order valence-electron chi connectivity index (χ4n) is 0.806. The van der Waals surface area contributed by atoms with E-state index < -0.39 is 0 Å². The van der Waals surface area contributed by atoms with E-state index in [9.17, 15) is 0 Å². The molecular weight excluding hydrogens is 110 g/mol. The molecule has 1 rings (SSSR count). The molecule has 0 unspecified atom stereocenters. The Labute approximate surface area is 58.4 Å². The molecule has 0 bridgehead atoms. The second-order valence-corrected chi connectivity index (χ2v) is 2.24. The molecule has 0 aliphatic rings. The molecule has 0 aliphatic carbocycles. The molecule has 0 radical (unpaired) electrons. The Morgan fingerprint density at radius 3 is 2.22 bits per heavy atom. The zero-order valence-corrected chi connectivity index (χ0v) is 5.68. The van der Waals surface area contributed by atoms with Gasteiger partial charge in [0.2, 0.25) is 0 Å². The van der Waals surface area contributed by atoms with Gasteiger partial charge in [-0.3, -0.25) is 0 Å². The van der Waals surface area contributed by atoms with Gasteiger partial charge in [-0.05, 0) is 25.0 Å². The molecule has 0 saturated carbocycles. The van der Waals surface area contributed by atoms with Gasteiger partial charge < -0.3 is 5.72 Å². The van der Waals surface area contributed by atoms with Crippen LogP contribution in [0.5, 0.6) is 0 Å².